The molecule has 0 aliphatic rings. The van der Waals surface area contributed by atoms with Crippen LogP contribution >= 0.6 is 11.3 Å². The molecular weight excluding hydrogens is 578 g/mol. The van der Waals surface area contributed by atoms with Gasteiger partial charge in [-0.2, -0.15) is 0 Å². The zero-order valence-electron chi connectivity index (χ0n) is 23.5. The van der Waals surface area contributed by atoms with Crippen LogP contribution in [-0.2, 0) is 29.0 Å². The van der Waals surface area contributed by atoms with Gasteiger partial charge >= 0.3 is 12.2 Å². The number of nitrogens with zero attached hydrogens (tertiary/aromatic N) is 2. The molecule has 7 N–H and O–H groups in total. The molecule has 3 rings (SSSR count). The number of carboxylic acid groups (broad SMARTS) is 2. The standard InChI is InChI=1S/C28H33N7O7S/c1-17(36)30-26-32-21(13-10-18-8-11-20(12-9-18)31-25(33-27(39)40)34-28(41)42)23(43-26)24(38)29-15-14-22(37)35(2)16-19-6-4-3-5-7-19/h3-9,11-12,25,31,33-34H,10,13-16H2,1-2H3,(H,29,38)(H,39,40)(H,41,42)(H,30,32,36). The molecule has 0 saturated carbocycles. The largest absolute Gasteiger partial charge is 0.465 e. The molecule has 43 heavy (non-hydrogen) atoms. The summed E-state index contributed by atoms with van der Waals surface area (Å²) >= 11 is 1.05. The van der Waals surface area contributed by atoms with Crippen molar-refractivity contribution in [2.24, 2.45) is 0 Å². The molecule has 0 bridgehead atoms. The molecule has 0 saturated heterocycles. The molecule has 228 valence electrons. The highest BCUT2D eigenvalue weighted by Crippen LogP contribution is 2.25. The quantitative estimate of drug-likeness (QED) is 0.134. The molecule has 0 fully saturated rings. The summed E-state index contributed by atoms with van der Waals surface area (Å²) in [4.78, 5) is 65.3. The smallest absolute Gasteiger partial charge is 0.407 e. The minimum Gasteiger partial charge on any atom is -0.465 e. The Morgan fingerprint density at radius 1 is 0.907 bits per heavy atom. The summed E-state index contributed by atoms with van der Waals surface area (Å²) in [6.07, 6.45) is -3.11. The van der Waals surface area contributed by atoms with Gasteiger partial charge in [-0.1, -0.05) is 53.8 Å². The van der Waals surface area contributed by atoms with E-state index in [1.807, 2.05) is 41.0 Å². The third-order valence-corrected chi connectivity index (χ3v) is 6.96. The SMILES string of the molecule is CC(=O)Nc1nc(CCc2ccc(NC(NC(=O)O)NC(=O)O)cc2)c(C(=O)NCCC(=O)N(C)Cc2ccccc2)s1. The number of amides is 5. The molecule has 1 aromatic heterocycles. The first kappa shape index (κ1) is 32.3. The van der Waals surface area contributed by atoms with E-state index in [0.29, 0.717) is 35.6 Å². The van der Waals surface area contributed by atoms with Crippen molar-refractivity contribution in [2.75, 3.05) is 24.2 Å². The maximum Gasteiger partial charge on any atom is 0.407 e. The third kappa shape index (κ3) is 11.0. The van der Waals surface area contributed by atoms with E-state index in [-0.39, 0.29) is 29.9 Å². The van der Waals surface area contributed by atoms with Crippen LogP contribution in [0.3, 0.4) is 0 Å². The van der Waals surface area contributed by atoms with Crippen molar-refractivity contribution >= 4 is 52.1 Å². The maximum absolute atomic E-state index is 13.0. The van der Waals surface area contributed by atoms with Crippen LogP contribution in [0, 0.1) is 0 Å². The summed E-state index contributed by atoms with van der Waals surface area (Å²) < 4.78 is 0. The highest BCUT2D eigenvalue weighted by molar-refractivity contribution is 7.17. The molecule has 0 unspecified atom stereocenters. The second-order valence-corrected chi connectivity index (χ2v) is 10.4. The lowest BCUT2D eigenvalue weighted by atomic mass is 10.1. The summed E-state index contributed by atoms with van der Waals surface area (Å²) in [5.41, 5.74) is 2.81. The molecule has 2 aromatic carbocycles. The van der Waals surface area contributed by atoms with Gasteiger partial charge in [0.25, 0.3) is 5.91 Å². The number of hydrogen-bond acceptors (Lipinski definition) is 8. The monoisotopic (exact) mass is 611 g/mol. The molecular formula is C28H33N7O7S. The molecule has 14 nitrogen and oxygen atoms in total. The number of nitrogens with one attached hydrogen (secondary N) is 5. The molecule has 0 aliphatic heterocycles. The summed E-state index contributed by atoms with van der Waals surface area (Å²) in [5.74, 6) is -0.838. The maximum atomic E-state index is 13.0. The Balaban J connectivity index is 1.59. The molecule has 15 heteroatoms. The van der Waals surface area contributed by atoms with Gasteiger partial charge in [-0.25, -0.2) is 14.6 Å². The number of aryl methyl sites for hydroxylation is 2. The Morgan fingerprint density at radius 2 is 1.56 bits per heavy atom. The van der Waals surface area contributed by atoms with Gasteiger partial charge in [-0.15, -0.1) is 0 Å². The number of rotatable bonds is 14. The summed E-state index contributed by atoms with van der Waals surface area (Å²) in [6, 6.07) is 16.4. The Bertz CT molecular complexity index is 1410. The topological polar surface area (TPSA) is 202 Å². The second-order valence-electron chi connectivity index (χ2n) is 9.39. The fraction of sp³-hybridized carbons (Fsp3) is 0.286. The predicted octanol–water partition coefficient (Wildman–Crippen LogP) is 2.90. The number of anilines is 2. The van der Waals surface area contributed by atoms with Crippen molar-refractivity contribution in [3.05, 3.63) is 76.3 Å². The number of aromatic nitrogens is 1. The second kappa shape index (κ2) is 15.7. The van der Waals surface area contributed by atoms with Crippen LogP contribution in [0.4, 0.5) is 20.4 Å². The normalized spacial score (nSPS) is 10.5. The number of carbonyl (C=O) groups excluding carboxylic acids is 3. The van der Waals surface area contributed by atoms with Crippen LogP contribution in [-0.4, -0.2) is 69.9 Å². The van der Waals surface area contributed by atoms with Crippen molar-refractivity contribution in [1.29, 1.82) is 0 Å². The van der Waals surface area contributed by atoms with E-state index < -0.39 is 24.4 Å². The fourth-order valence-electron chi connectivity index (χ4n) is 3.95. The highest BCUT2D eigenvalue weighted by atomic mass is 32.1. The van der Waals surface area contributed by atoms with Gasteiger partial charge in [-0.05, 0) is 36.1 Å². The van der Waals surface area contributed by atoms with Crippen LogP contribution in [0.5, 0.6) is 0 Å². The lowest BCUT2D eigenvalue weighted by molar-refractivity contribution is -0.130. The minimum atomic E-state index is -1.41. The number of benzene rings is 2. The van der Waals surface area contributed by atoms with Gasteiger partial charge in [0.1, 0.15) is 4.88 Å². The lowest BCUT2D eigenvalue weighted by Gasteiger charge is -2.19. The third-order valence-electron chi connectivity index (χ3n) is 5.95. The highest BCUT2D eigenvalue weighted by Gasteiger charge is 2.20. The Hall–Kier alpha value is -5.18. The van der Waals surface area contributed by atoms with Gasteiger partial charge in [0.2, 0.25) is 11.8 Å². The molecule has 0 spiro atoms. The summed E-state index contributed by atoms with van der Waals surface area (Å²) in [5, 5.41) is 30.2. The summed E-state index contributed by atoms with van der Waals surface area (Å²) in [6.45, 7) is 1.94. The first-order valence-electron chi connectivity index (χ1n) is 13.2. The lowest BCUT2D eigenvalue weighted by Crippen LogP contribution is -2.52. The first-order chi connectivity index (χ1) is 20.5. The van der Waals surface area contributed by atoms with Gasteiger partial charge in [0, 0.05) is 39.2 Å². The predicted molar refractivity (Wildman–Crippen MR) is 160 cm³/mol. The van der Waals surface area contributed by atoms with Crippen molar-refractivity contribution in [1.82, 2.24) is 25.8 Å². The molecule has 0 atom stereocenters. The fourth-order valence-corrected chi connectivity index (χ4v) is 4.93. The summed E-state index contributed by atoms with van der Waals surface area (Å²) in [7, 11) is 1.71. The van der Waals surface area contributed by atoms with Crippen molar-refractivity contribution in [2.45, 2.75) is 39.0 Å². The van der Waals surface area contributed by atoms with E-state index in [4.69, 9.17) is 10.2 Å². The van der Waals surface area contributed by atoms with E-state index in [1.165, 1.54) is 6.92 Å². The molecule has 0 radical (unpaired) electrons. The van der Waals surface area contributed by atoms with Crippen LogP contribution < -0.4 is 26.6 Å². The molecule has 0 aliphatic carbocycles. The Morgan fingerprint density at radius 3 is 2.16 bits per heavy atom. The zero-order valence-corrected chi connectivity index (χ0v) is 24.4. The van der Waals surface area contributed by atoms with Crippen molar-refractivity contribution in [3.8, 4) is 0 Å². The molecule has 5 amide bonds. The van der Waals surface area contributed by atoms with Crippen LogP contribution in [0.2, 0.25) is 0 Å². The van der Waals surface area contributed by atoms with Gasteiger partial charge in [0.05, 0.1) is 5.69 Å². The first-order valence-corrected chi connectivity index (χ1v) is 14.0. The number of carbonyl (C=O) groups is 5. The Kier molecular flexibility index (Phi) is 11.8. The van der Waals surface area contributed by atoms with Crippen LogP contribution in [0.15, 0.2) is 54.6 Å². The van der Waals surface area contributed by atoms with Gasteiger partial charge in [-0.3, -0.25) is 25.0 Å². The van der Waals surface area contributed by atoms with E-state index in [2.05, 4.69) is 20.9 Å². The zero-order chi connectivity index (χ0) is 31.4. The van der Waals surface area contributed by atoms with Crippen LogP contribution in [0.25, 0.3) is 0 Å². The van der Waals surface area contributed by atoms with Gasteiger partial charge in [0.15, 0.2) is 11.4 Å². The average Bonchev–Trinajstić information content (AvgIpc) is 3.34. The van der Waals surface area contributed by atoms with E-state index in [0.717, 1.165) is 22.5 Å². The van der Waals surface area contributed by atoms with E-state index >= 15 is 0 Å². The molecule has 3 aromatic rings. The van der Waals surface area contributed by atoms with Gasteiger partial charge < -0.3 is 31.1 Å². The average molecular weight is 612 g/mol. The van der Waals surface area contributed by atoms with Crippen LogP contribution in [0.1, 0.15) is 39.8 Å². The van der Waals surface area contributed by atoms with E-state index in [9.17, 15) is 24.0 Å². The van der Waals surface area contributed by atoms with E-state index in [1.54, 1.807) is 36.2 Å². The number of thiazole rings is 1. The van der Waals surface area contributed by atoms with Crippen molar-refractivity contribution in [3.63, 3.8) is 0 Å². The Labute approximate surface area is 251 Å². The number of hydrogen-bond donors (Lipinski definition) is 7. The minimum absolute atomic E-state index is 0.116. The molecule has 1 heterocycles. The van der Waals surface area contributed by atoms with Crippen molar-refractivity contribution < 1.29 is 34.2 Å².